The van der Waals surface area contributed by atoms with Crippen LogP contribution >= 0.6 is 0 Å². The van der Waals surface area contributed by atoms with Crippen molar-refractivity contribution in [3.63, 3.8) is 0 Å². The van der Waals surface area contributed by atoms with Crippen LogP contribution in [0.4, 0.5) is 17.3 Å². The van der Waals surface area contributed by atoms with E-state index in [1.165, 1.54) is 6.33 Å². The molecule has 112 valence electrons. The average Bonchev–Trinajstić information content (AvgIpc) is 2.50. The summed E-state index contributed by atoms with van der Waals surface area (Å²) in [5.74, 6) is 1.16. The number of nitrogens with two attached hydrogens (primary N) is 1. The molecule has 0 spiro atoms. The molecule has 1 aromatic rings. The van der Waals surface area contributed by atoms with Gasteiger partial charge in [0.25, 0.3) is 0 Å². The first-order chi connectivity index (χ1) is 10.1. The molecule has 0 aliphatic carbocycles. The first-order valence-electron chi connectivity index (χ1n) is 6.99. The van der Waals surface area contributed by atoms with Gasteiger partial charge in [-0.3, -0.25) is 0 Å². The summed E-state index contributed by atoms with van der Waals surface area (Å²) < 4.78 is 0. The number of nitrogen functional groups attached to an aromatic ring is 1. The SMILES string of the molecule is CCC(C)Nc1ncnc(N(CCC#N)CCC#N)c1N. The van der Waals surface area contributed by atoms with Crippen LogP contribution in [0.3, 0.4) is 0 Å². The first kappa shape index (κ1) is 16.5. The molecule has 7 heteroatoms. The third-order valence-corrected chi connectivity index (χ3v) is 3.14. The molecule has 1 atom stereocenters. The number of nitriles is 2. The molecule has 1 rings (SSSR count). The largest absolute Gasteiger partial charge is 0.393 e. The van der Waals surface area contributed by atoms with Gasteiger partial charge in [-0.05, 0) is 13.3 Å². The number of anilines is 3. The van der Waals surface area contributed by atoms with Crippen molar-refractivity contribution in [2.24, 2.45) is 0 Å². The number of nitrogens with zero attached hydrogens (tertiary/aromatic N) is 5. The molecule has 0 aliphatic heterocycles. The van der Waals surface area contributed by atoms with Crippen molar-refractivity contribution < 1.29 is 0 Å². The highest BCUT2D eigenvalue weighted by Crippen LogP contribution is 2.27. The molecule has 1 unspecified atom stereocenters. The molecule has 0 aromatic carbocycles. The van der Waals surface area contributed by atoms with Crippen molar-refractivity contribution in [3.05, 3.63) is 6.33 Å². The predicted molar refractivity (Wildman–Crippen MR) is 82.5 cm³/mol. The van der Waals surface area contributed by atoms with Gasteiger partial charge in [-0.25, -0.2) is 9.97 Å². The van der Waals surface area contributed by atoms with Gasteiger partial charge < -0.3 is 16.0 Å². The second-order valence-corrected chi connectivity index (χ2v) is 4.72. The third kappa shape index (κ3) is 4.81. The van der Waals surface area contributed by atoms with Gasteiger partial charge in [-0.15, -0.1) is 0 Å². The van der Waals surface area contributed by atoms with E-state index in [1.807, 2.05) is 11.8 Å². The number of nitrogens with one attached hydrogen (secondary N) is 1. The van der Waals surface area contributed by atoms with E-state index in [4.69, 9.17) is 16.3 Å². The van der Waals surface area contributed by atoms with Crippen LogP contribution in [-0.4, -0.2) is 29.1 Å². The molecule has 7 nitrogen and oxygen atoms in total. The van der Waals surface area contributed by atoms with Crippen LogP contribution in [0.2, 0.25) is 0 Å². The summed E-state index contributed by atoms with van der Waals surface area (Å²) in [7, 11) is 0. The molecule has 3 N–H and O–H groups in total. The van der Waals surface area contributed by atoms with Crippen LogP contribution in [0.1, 0.15) is 33.1 Å². The van der Waals surface area contributed by atoms with Crippen LogP contribution in [0.15, 0.2) is 6.33 Å². The summed E-state index contributed by atoms with van der Waals surface area (Å²) in [4.78, 5) is 10.2. The molecule has 0 saturated carbocycles. The van der Waals surface area contributed by atoms with Gasteiger partial charge in [0.15, 0.2) is 11.6 Å². The highest BCUT2D eigenvalue weighted by molar-refractivity contribution is 5.75. The Kier molecular flexibility index (Phi) is 6.76. The highest BCUT2D eigenvalue weighted by Gasteiger charge is 2.15. The fraction of sp³-hybridized carbons (Fsp3) is 0.571. The maximum Gasteiger partial charge on any atom is 0.157 e. The molecule has 0 aliphatic rings. The van der Waals surface area contributed by atoms with Crippen molar-refractivity contribution >= 4 is 17.3 Å². The lowest BCUT2D eigenvalue weighted by molar-refractivity contribution is 0.755. The molecular weight excluding hydrogens is 266 g/mol. The average molecular weight is 287 g/mol. The smallest absolute Gasteiger partial charge is 0.157 e. The zero-order valence-electron chi connectivity index (χ0n) is 12.5. The Hall–Kier alpha value is -2.54. The second-order valence-electron chi connectivity index (χ2n) is 4.72. The topological polar surface area (TPSA) is 115 Å². The van der Waals surface area contributed by atoms with Crippen molar-refractivity contribution in [1.29, 1.82) is 10.5 Å². The van der Waals surface area contributed by atoms with Gasteiger partial charge in [0.1, 0.15) is 12.0 Å². The lowest BCUT2D eigenvalue weighted by atomic mass is 10.2. The van der Waals surface area contributed by atoms with Crippen molar-refractivity contribution in [2.45, 2.75) is 39.2 Å². The Bertz CT molecular complexity index is 511. The summed E-state index contributed by atoms with van der Waals surface area (Å²) in [6, 6.07) is 4.44. The summed E-state index contributed by atoms with van der Waals surface area (Å²) >= 11 is 0. The minimum absolute atomic E-state index is 0.252. The first-order valence-corrected chi connectivity index (χ1v) is 6.99. The minimum atomic E-state index is 0.252. The molecule has 0 saturated heterocycles. The van der Waals surface area contributed by atoms with Crippen LogP contribution < -0.4 is 16.0 Å². The predicted octanol–water partition coefficient (Wildman–Crippen LogP) is 1.90. The number of hydrogen-bond donors (Lipinski definition) is 2. The van der Waals surface area contributed by atoms with E-state index in [9.17, 15) is 0 Å². The van der Waals surface area contributed by atoms with E-state index < -0.39 is 0 Å². The van der Waals surface area contributed by atoms with Gasteiger partial charge >= 0.3 is 0 Å². The monoisotopic (exact) mass is 287 g/mol. The quantitative estimate of drug-likeness (QED) is 0.750. The maximum atomic E-state index is 8.74. The Morgan fingerprint density at radius 2 is 1.90 bits per heavy atom. The lowest BCUT2D eigenvalue weighted by Gasteiger charge is -2.24. The van der Waals surface area contributed by atoms with Gasteiger partial charge in [0, 0.05) is 19.1 Å². The van der Waals surface area contributed by atoms with Crippen LogP contribution in [0, 0.1) is 22.7 Å². The zero-order valence-corrected chi connectivity index (χ0v) is 12.5. The third-order valence-electron chi connectivity index (χ3n) is 3.14. The maximum absolute atomic E-state index is 8.74. The normalized spacial score (nSPS) is 11.2. The zero-order chi connectivity index (χ0) is 15.7. The standard InChI is InChI=1S/C14H21N7/c1-3-11(2)20-13-12(17)14(19-10-18-13)21(8-4-6-15)9-5-7-16/h10-11H,3-5,8-9,17H2,1-2H3,(H,18,19,20). The molecule has 1 heterocycles. The Morgan fingerprint density at radius 1 is 1.29 bits per heavy atom. The lowest BCUT2D eigenvalue weighted by Crippen LogP contribution is -2.28. The molecule has 0 bridgehead atoms. The Labute approximate surface area is 125 Å². The van der Waals surface area contributed by atoms with Crippen molar-refractivity contribution in [1.82, 2.24) is 9.97 Å². The number of rotatable bonds is 8. The van der Waals surface area contributed by atoms with Crippen LogP contribution in [0.5, 0.6) is 0 Å². The second kappa shape index (κ2) is 8.60. The Morgan fingerprint density at radius 3 is 2.43 bits per heavy atom. The van der Waals surface area contributed by atoms with E-state index in [2.05, 4.69) is 34.3 Å². The summed E-state index contributed by atoms with van der Waals surface area (Å²) in [6.07, 6.45) is 3.10. The van der Waals surface area contributed by atoms with E-state index in [-0.39, 0.29) is 6.04 Å². The van der Waals surface area contributed by atoms with Crippen LogP contribution in [0.25, 0.3) is 0 Å². The van der Waals surface area contributed by atoms with E-state index in [0.29, 0.717) is 43.3 Å². The van der Waals surface area contributed by atoms with Crippen molar-refractivity contribution in [3.8, 4) is 12.1 Å². The number of aromatic nitrogens is 2. The molecular formula is C14H21N7. The van der Waals surface area contributed by atoms with Gasteiger partial charge in [-0.1, -0.05) is 6.92 Å². The molecule has 0 radical (unpaired) electrons. The molecule has 0 amide bonds. The Balaban J connectivity index is 2.99. The van der Waals surface area contributed by atoms with E-state index >= 15 is 0 Å². The van der Waals surface area contributed by atoms with Gasteiger partial charge in [0.2, 0.25) is 0 Å². The van der Waals surface area contributed by atoms with Gasteiger partial charge in [0.05, 0.1) is 25.0 Å². The van der Waals surface area contributed by atoms with Crippen LogP contribution in [-0.2, 0) is 0 Å². The summed E-state index contributed by atoms with van der Waals surface area (Å²) in [6.45, 7) is 5.09. The molecule has 0 fully saturated rings. The summed E-state index contributed by atoms with van der Waals surface area (Å²) in [5, 5.41) is 20.7. The van der Waals surface area contributed by atoms with Gasteiger partial charge in [-0.2, -0.15) is 10.5 Å². The molecule has 21 heavy (non-hydrogen) atoms. The molecule has 1 aromatic heterocycles. The van der Waals surface area contributed by atoms with E-state index in [1.54, 1.807) is 0 Å². The highest BCUT2D eigenvalue weighted by atomic mass is 15.2. The fourth-order valence-electron chi connectivity index (χ4n) is 1.78. The summed E-state index contributed by atoms with van der Waals surface area (Å²) in [5.41, 5.74) is 6.59. The van der Waals surface area contributed by atoms with Crippen molar-refractivity contribution in [2.75, 3.05) is 29.0 Å². The van der Waals surface area contributed by atoms with E-state index in [0.717, 1.165) is 6.42 Å². The number of hydrogen-bond acceptors (Lipinski definition) is 7. The fourth-order valence-corrected chi connectivity index (χ4v) is 1.78. The minimum Gasteiger partial charge on any atom is -0.393 e.